The number of ether oxygens (including phenoxy) is 1. The Labute approximate surface area is 113 Å². The average molecular weight is 284 g/mol. The summed E-state index contributed by atoms with van der Waals surface area (Å²) in [6, 6.07) is 5.47. The van der Waals surface area contributed by atoms with Crippen molar-refractivity contribution in [3.8, 4) is 11.9 Å². The van der Waals surface area contributed by atoms with Gasteiger partial charge in [0, 0.05) is 12.0 Å². The van der Waals surface area contributed by atoms with E-state index in [4.69, 9.17) is 14.2 Å². The summed E-state index contributed by atoms with van der Waals surface area (Å²) in [5, 5.41) is 8.78. The van der Waals surface area contributed by atoms with Crippen LogP contribution in [0.1, 0.15) is 24.1 Å². The van der Waals surface area contributed by atoms with Crippen LogP contribution in [0.25, 0.3) is 0 Å². The Kier molecular flexibility index (Phi) is 5.27. The maximum Gasteiger partial charge on any atom is 0.264 e. The first-order valence-corrected chi connectivity index (χ1v) is 7.44. The molecule has 104 valence electrons. The van der Waals surface area contributed by atoms with Gasteiger partial charge in [0.25, 0.3) is 10.1 Å². The zero-order chi connectivity index (χ0) is 14.5. The van der Waals surface area contributed by atoms with Gasteiger partial charge in [0.2, 0.25) is 5.88 Å². The predicted molar refractivity (Wildman–Crippen MR) is 69.3 cm³/mol. The molecule has 0 saturated carbocycles. The van der Waals surface area contributed by atoms with Crippen LogP contribution in [0.15, 0.2) is 12.1 Å². The summed E-state index contributed by atoms with van der Waals surface area (Å²) in [6.45, 7) is 1.77. The molecule has 0 fully saturated rings. The second kappa shape index (κ2) is 6.50. The van der Waals surface area contributed by atoms with Crippen molar-refractivity contribution in [2.24, 2.45) is 0 Å². The summed E-state index contributed by atoms with van der Waals surface area (Å²) in [6.07, 6.45) is 1.20. The maximum atomic E-state index is 11.0. The van der Waals surface area contributed by atoms with Crippen LogP contribution in [0.3, 0.4) is 0 Å². The van der Waals surface area contributed by atoms with Gasteiger partial charge >= 0.3 is 0 Å². The number of aromatic nitrogens is 1. The Bertz CT molecular complexity index is 578. The molecule has 1 aromatic heterocycles. The SMILES string of the molecule is COc1ccc(CC#N)c(C(C)COS(C)(=O)=O)n1. The topological polar surface area (TPSA) is 89.3 Å². The number of hydrogen-bond acceptors (Lipinski definition) is 6. The van der Waals surface area contributed by atoms with Gasteiger partial charge in [-0.25, -0.2) is 4.98 Å². The van der Waals surface area contributed by atoms with E-state index in [1.165, 1.54) is 7.11 Å². The zero-order valence-corrected chi connectivity index (χ0v) is 11.9. The summed E-state index contributed by atoms with van der Waals surface area (Å²) in [7, 11) is -2.00. The fraction of sp³-hybridized carbons (Fsp3) is 0.500. The monoisotopic (exact) mass is 284 g/mol. The summed E-state index contributed by atoms with van der Waals surface area (Å²) in [5.74, 6) is 0.163. The maximum absolute atomic E-state index is 11.0. The summed E-state index contributed by atoms with van der Waals surface area (Å²) < 4.78 is 31.8. The highest BCUT2D eigenvalue weighted by molar-refractivity contribution is 7.85. The summed E-state index contributed by atoms with van der Waals surface area (Å²) in [5.41, 5.74) is 1.36. The van der Waals surface area contributed by atoms with Gasteiger partial charge in [0.15, 0.2) is 0 Å². The second-order valence-electron chi connectivity index (χ2n) is 4.12. The number of rotatable bonds is 6. The molecule has 19 heavy (non-hydrogen) atoms. The van der Waals surface area contributed by atoms with E-state index in [0.29, 0.717) is 11.6 Å². The van der Waals surface area contributed by atoms with Crippen LogP contribution in [0, 0.1) is 11.3 Å². The van der Waals surface area contributed by atoms with Crippen molar-refractivity contribution in [3.05, 3.63) is 23.4 Å². The lowest BCUT2D eigenvalue weighted by Crippen LogP contribution is -2.13. The van der Waals surface area contributed by atoms with Crippen LogP contribution in [-0.4, -0.2) is 33.4 Å². The third kappa shape index (κ3) is 4.85. The van der Waals surface area contributed by atoms with Crippen LogP contribution >= 0.6 is 0 Å². The van der Waals surface area contributed by atoms with Crippen LogP contribution in [0.2, 0.25) is 0 Å². The molecule has 0 amide bonds. The molecule has 0 aliphatic carbocycles. The molecule has 0 aromatic carbocycles. The average Bonchev–Trinajstić information content (AvgIpc) is 2.36. The quantitative estimate of drug-likeness (QED) is 0.730. The van der Waals surface area contributed by atoms with E-state index in [1.807, 2.05) is 6.07 Å². The normalized spacial score (nSPS) is 12.7. The summed E-state index contributed by atoms with van der Waals surface area (Å²) >= 11 is 0. The number of nitrogens with zero attached hydrogens (tertiary/aromatic N) is 2. The van der Waals surface area contributed by atoms with Crippen LogP contribution in [0.4, 0.5) is 0 Å². The van der Waals surface area contributed by atoms with E-state index in [1.54, 1.807) is 19.1 Å². The predicted octanol–water partition coefficient (Wildman–Crippen LogP) is 1.24. The van der Waals surface area contributed by atoms with E-state index >= 15 is 0 Å². The third-order valence-electron chi connectivity index (χ3n) is 2.46. The van der Waals surface area contributed by atoms with Gasteiger partial charge < -0.3 is 4.74 Å². The molecule has 6 nitrogen and oxygen atoms in total. The highest BCUT2D eigenvalue weighted by atomic mass is 32.2. The van der Waals surface area contributed by atoms with E-state index in [9.17, 15) is 8.42 Å². The standard InChI is InChI=1S/C12H16N2O4S/c1-9(8-18-19(3,15)16)12-10(6-7-13)4-5-11(14-12)17-2/h4-5,9H,6,8H2,1-3H3. The molecule has 0 radical (unpaired) electrons. The number of hydrogen-bond donors (Lipinski definition) is 0. The Morgan fingerprint density at radius 2 is 2.16 bits per heavy atom. The molecule has 0 spiro atoms. The van der Waals surface area contributed by atoms with Crippen molar-refractivity contribution in [2.75, 3.05) is 20.0 Å². The highest BCUT2D eigenvalue weighted by Crippen LogP contribution is 2.22. The smallest absolute Gasteiger partial charge is 0.264 e. The molecule has 1 atom stereocenters. The molecule has 1 unspecified atom stereocenters. The molecular weight excluding hydrogens is 268 g/mol. The van der Waals surface area contributed by atoms with Crippen molar-refractivity contribution in [1.82, 2.24) is 4.98 Å². The third-order valence-corrected chi connectivity index (χ3v) is 3.03. The summed E-state index contributed by atoms with van der Waals surface area (Å²) in [4.78, 5) is 4.26. The van der Waals surface area contributed by atoms with Gasteiger partial charge in [-0.05, 0) is 5.56 Å². The van der Waals surface area contributed by atoms with Gasteiger partial charge in [0.05, 0.1) is 38.2 Å². The van der Waals surface area contributed by atoms with Crippen molar-refractivity contribution >= 4 is 10.1 Å². The largest absolute Gasteiger partial charge is 0.481 e. The van der Waals surface area contributed by atoms with Gasteiger partial charge in [-0.15, -0.1) is 0 Å². The van der Waals surface area contributed by atoms with Crippen molar-refractivity contribution < 1.29 is 17.3 Å². The molecule has 1 rings (SSSR count). The highest BCUT2D eigenvalue weighted by Gasteiger charge is 2.16. The van der Waals surface area contributed by atoms with Crippen LogP contribution < -0.4 is 4.74 Å². The van der Waals surface area contributed by atoms with Gasteiger partial charge in [-0.3, -0.25) is 4.18 Å². The van der Waals surface area contributed by atoms with Crippen LogP contribution in [-0.2, 0) is 20.7 Å². The lowest BCUT2D eigenvalue weighted by atomic mass is 10.0. The first kappa shape index (κ1) is 15.4. The fourth-order valence-electron chi connectivity index (χ4n) is 1.56. The fourth-order valence-corrected chi connectivity index (χ4v) is 2.02. The molecule has 0 aliphatic heterocycles. The molecular formula is C12H16N2O4S. The lowest BCUT2D eigenvalue weighted by molar-refractivity contribution is 0.298. The molecule has 0 bridgehead atoms. The van der Waals surface area contributed by atoms with E-state index in [-0.39, 0.29) is 18.9 Å². The first-order valence-electron chi connectivity index (χ1n) is 5.62. The number of pyridine rings is 1. The Morgan fingerprint density at radius 3 is 2.68 bits per heavy atom. The van der Waals surface area contributed by atoms with Crippen molar-refractivity contribution in [3.63, 3.8) is 0 Å². The zero-order valence-electron chi connectivity index (χ0n) is 11.1. The van der Waals surface area contributed by atoms with Crippen LogP contribution in [0.5, 0.6) is 5.88 Å². The number of methoxy groups -OCH3 is 1. The Balaban J connectivity index is 2.98. The van der Waals surface area contributed by atoms with E-state index in [2.05, 4.69) is 4.98 Å². The van der Waals surface area contributed by atoms with Gasteiger partial charge in [0.1, 0.15) is 0 Å². The Hall–Kier alpha value is -1.65. The van der Waals surface area contributed by atoms with Gasteiger partial charge in [-0.2, -0.15) is 13.7 Å². The lowest BCUT2D eigenvalue weighted by Gasteiger charge is -2.14. The Morgan fingerprint density at radius 1 is 1.47 bits per heavy atom. The first-order chi connectivity index (χ1) is 8.87. The minimum Gasteiger partial charge on any atom is -0.481 e. The minimum absolute atomic E-state index is 0.0164. The van der Waals surface area contributed by atoms with E-state index < -0.39 is 10.1 Å². The molecule has 7 heteroatoms. The van der Waals surface area contributed by atoms with Crippen molar-refractivity contribution in [2.45, 2.75) is 19.3 Å². The molecule has 1 aromatic rings. The van der Waals surface area contributed by atoms with Crippen molar-refractivity contribution in [1.29, 1.82) is 5.26 Å². The van der Waals surface area contributed by atoms with E-state index in [0.717, 1.165) is 11.8 Å². The molecule has 0 saturated heterocycles. The minimum atomic E-state index is -3.49. The molecule has 0 N–H and O–H groups in total. The van der Waals surface area contributed by atoms with Gasteiger partial charge in [-0.1, -0.05) is 13.0 Å². The molecule has 1 heterocycles. The molecule has 0 aliphatic rings. The number of nitriles is 1. The second-order valence-corrected chi connectivity index (χ2v) is 5.77.